The van der Waals surface area contributed by atoms with Crippen molar-refractivity contribution in [2.24, 2.45) is 5.73 Å². The van der Waals surface area contributed by atoms with Crippen LogP contribution in [0.25, 0.3) is 5.70 Å². The molecule has 0 bridgehead atoms. The van der Waals surface area contributed by atoms with Gasteiger partial charge in [0.25, 0.3) is 0 Å². The van der Waals surface area contributed by atoms with Crippen molar-refractivity contribution < 1.29 is 0 Å². The predicted octanol–water partition coefficient (Wildman–Crippen LogP) is 2.18. The summed E-state index contributed by atoms with van der Waals surface area (Å²) < 4.78 is 0. The molecular weight excluding hydrogens is 134 g/mol. The van der Waals surface area contributed by atoms with Gasteiger partial charge in [-0.25, -0.2) is 0 Å². The molecule has 0 saturated heterocycles. The van der Waals surface area contributed by atoms with E-state index in [1.165, 1.54) is 5.56 Å². The summed E-state index contributed by atoms with van der Waals surface area (Å²) in [5, 5.41) is 0. The normalized spacial score (nSPS) is 9.55. The van der Waals surface area contributed by atoms with Crippen LogP contribution in [0.3, 0.4) is 0 Å². The molecule has 0 aliphatic heterocycles. The first-order valence-electron chi connectivity index (χ1n) is 3.77. The summed E-state index contributed by atoms with van der Waals surface area (Å²) >= 11 is 0. The lowest BCUT2D eigenvalue weighted by molar-refractivity contribution is 1.14. The van der Waals surface area contributed by atoms with Gasteiger partial charge >= 0.3 is 0 Å². The minimum atomic E-state index is 0.639. The van der Waals surface area contributed by atoms with Crippen LogP contribution in [0.1, 0.15) is 18.1 Å². The molecule has 2 N–H and O–H groups in total. The molecule has 0 fully saturated rings. The molecule has 0 atom stereocenters. The number of hydrogen-bond acceptors (Lipinski definition) is 1. The Morgan fingerprint density at radius 1 is 1.55 bits per heavy atom. The van der Waals surface area contributed by atoms with Crippen molar-refractivity contribution in [3.63, 3.8) is 0 Å². The van der Waals surface area contributed by atoms with Crippen molar-refractivity contribution in [1.29, 1.82) is 0 Å². The molecule has 0 unspecified atom stereocenters. The summed E-state index contributed by atoms with van der Waals surface area (Å²) in [6, 6.07) is 8.14. The molecule has 1 rings (SSSR count). The molecule has 1 aromatic rings. The van der Waals surface area contributed by atoms with Crippen LogP contribution in [0.5, 0.6) is 0 Å². The molecule has 0 aliphatic carbocycles. The number of aryl methyl sites for hydroxylation is 1. The van der Waals surface area contributed by atoms with Gasteiger partial charge in [0.2, 0.25) is 0 Å². The molecule has 1 aromatic carbocycles. The van der Waals surface area contributed by atoms with Crippen LogP contribution in [-0.2, 0) is 6.42 Å². The van der Waals surface area contributed by atoms with E-state index < -0.39 is 0 Å². The van der Waals surface area contributed by atoms with Gasteiger partial charge in [-0.05, 0) is 23.6 Å². The van der Waals surface area contributed by atoms with Crippen molar-refractivity contribution in [2.45, 2.75) is 13.3 Å². The van der Waals surface area contributed by atoms with E-state index in [4.69, 9.17) is 5.73 Å². The molecule has 58 valence electrons. The smallest absolute Gasteiger partial charge is 0.0314 e. The van der Waals surface area contributed by atoms with Crippen LogP contribution >= 0.6 is 0 Å². The molecule has 11 heavy (non-hydrogen) atoms. The van der Waals surface area contributed by atoms with Gasteiger partial charge in [0.1, 0.15) is 0 Å². The lowest BCUT2D eigenvalue weighted by Crippen LogP contribution is -1.94. The molecule has 0 spiro atoms. The van der Waals surface area contributed by atoms with Gasteiger partial charge < -0.3 is 5.73 Å². The lowest BCUT2D eigenvalue weighted by atomic mass is 10.1. The molecular formula is C10H13N. The zero-order chi connectivity index (χ0) is 8.27. The number of benzene rings is 1. The van der Waals surface area contributed by atoms with Crippen molar-refractivity contribution >= 4 is 5.70 Å². The van der Waals surface area contributed by atoms with Crippen LogP contribution in [-0.4, -0.2) is 0 Å². The first-order valence-corrected chi connectivity index (χ1v) is 3.77. The third-order valence-electron chi connectivity index (χ3n) is 1.71. The minimum absolute atomic E-state index is 0.639. The molecule has 0 amide bonds. The zero-order valence-corrected chi connectivity index (χ0v) is 6.80. The molecule has 0 aromatic heterocycles. The van der Waals surface area contributed by atoms with Crippen molar-refractivity contribution in [1.82, 2.24) is 0 Å². The van der Waals surface area contributed by atoms with Gasteiger partial charge in [0, 0.05) is 5.70 Å². The topological polar surface area (TPSA) is 26.0 Å². The summed E-state index contributed by atoms with van der Waals surface area (Å²) in [7, 11) is 0. The molecule has 0 heterocycles. The third-order valence-corrected chi connectivity index (χ3v) is 1.71. The van der Waals surface area contributed by atoms with Gasteiger partial charge in [0.15, 0.2) is 0 Å². The summed E-state index contributed by atoms with van der Waals surface area (Å²) in [4.78, 5) is 0. The summed E-state index contributed by atoms with van der Waals surface area (Å²) in [6.45, 7) is 5.80. The Kier molecular flexibility index (Phi) is 2.32. The predicted molar refractivity (Wildman–Crippen MR) is 49.0 cm³/mol. The Bertz CT molecular complexity index is 263. The van der Waals surface area contributed by atoms with Crippen molar-refractivity contribution in [3.05, 3.63) is 42.0 Å². The van der Waals surface area contributed by atoms with Gasteiger partial charge in [0.05, 0.1) is 0 Å². The quantitative estimate of drug-likeness (QED) is 0.681. The highest BCUT2D eigenvalue weighted by Crippen LogP contribution is 2.09. The van der Waals surface area contributed by atoms with Gasteiger partial charge in [-0.3, -0.25) is 0 Å². The van der Waals surface area contributed by atoms with Gasteiger partial charge in [-0.15, -0.1) is 0 Å². The Labute approximate surface area is 67.5 Å². The minimum Gasteiger partial charge on any atom is -0.399 e. The highest BCUT2D eigenvalue weighted by Gasteiger charge is 1.93. The molecule has 0 radical (unpaired) electrons. The average Bonchev–Trinajstić information content (AvgIpc) is 2.05. The Balaban J connectivity index is 3.01. The van der Waals surface area contributed by atoms with E-state index in [9.17, 15) is 0 Å². The van der Waals surface area contributed by atoms with E-state index in [2.05, 4.69) is 25.6 Å². The van der Waals surface area contributed by atoms with E-state index in [0.29, 0.717) is 5.70 Å². The SMILES string of the molecule is C=C(N)c1cccc(CC)c1. The largest absolute Gasteiger partial charge is 0.399 e. The van der Waals surface area contributed by atoms with Crippen molar-refractivity contribution in [3.8, 4) is 0 Å². The van der Waals surface area contributed by atoms with E-state index in [-0.39, 0.29) is 0 Å². The number of nitrogens with two attached hydrogens (primary N) is 1. The third kappa shape index (κ3) is 1.84. The fourth-order valence-electron chi connectivity index (χ4n) is 0.991. The first kappa shape index (κ1) is 7.86. The van der Waals surface area contributed by atoms with E-state index >= 15 is 0 Å². The van der Waals surface area contributed by atoms with Crippen LogP contribution in [0.15, 0.2) is 30.8 Å². The lowest BCUT2D eigenvalue weighted by Gasteiger charge is -2.01. The van der Waals surface area contributed by atoms with Crippen molar-refractivity contribution in [2.75, 3.05) is 0 Å². The fraction of sp³-hybridized carbons (Fsp3) is 0.200. The van der Waals surface area contributed by atoms with Crippen LogP contribution < -0.4 is 5.73 Å². The highest BCUT2D eigenvalue weighted by molar-refractivity contribution is 5.60. The van der Waals surface area contributed by atoms with Crippen LogP contribution in [0.2, 0.25) is 0 Å². The van der Waals surface area contributed by atoms with E-state index in [1.807, 2.05) is 12.1 Å². The summed E-state index contributed by atoms with van der Waals surface area (Å²) in [5.74, 6) is 0. The zero-order valence-electron chi connectivity index (χ0n) is 6.80. The van der Waals surface area contributed by atoms with E-state index in [0.717, 1.165) is 12.0 Å². The second kappa shape index (κ2) is 3.24. The maximum Gasteiger partial charge on any atom is 0.0314 e. The molecule has 0 saturated carbocycles. The van der Waals surface area contributed by atoms with E-state index in [1.54, 1.807) is 0 Å². The molecule has 0 aliphatic rings. The Morgan fingerprint density at radius 2 is 2.27 bits per heavy atom. The van der Waals surface area contributed by atoms with Gasteiger partial charge in [-0.2, -0.15) is 0 Å². The Hall–Kier alpha value is -1.24. The average molecular weight is 147 g/mol. The highest BCUT2D eigenvalue weighted by atomic mass is 14.6. The second-order valence-electron chi connectivity index (χ2n) is 2.58. The summed E-state index contributed by atoms with van der Waals surface area (Å²) in [6.07, 6.45) is 1.04. The fourth-order valence-corrected chi connectivity index (χ4v) is 0.991. The second-order valence-corrected chi connectivity index (χ2v) is 2.58. The van der Waals surface area contributed by atoms with Gasteiger partial charge in [-0.1, -0.05) is 31.7 Å². The molecule has 1 nitrogen and oxygen atoms in total. The summed E-state index contributed by atoms with van der Waals surface area (Å²) in [5.41, 5.74) is 8.51. The van der Waals surface area contributed by atoms with Crippen LogP contribution in [0, 0.1) is 0 Å². The maximum atomic E-state index is 5.54. The first-order chi connectivity index (χ1) is 5.24. The number of rotatable bonds is 2. The maximum absolute atomic E-state index is 5.54. The Morgan fingerprint density at radius 3 is 2.82 bits per heavy atom. The molecule has 1 heteroatoms. The van der Waals surface area contributed by atoms with Crippen LogP contribution in [0.4, 0.5) is 0 Å². The number of hydrogen-bond donors (Lipinski definition) is 1. The monoisotopic (exact) mass is 147 g/mol. The standard InChI is InChI=1S/C10H13N/c1-3-9-5-4-6-10(7-9)8(2)11/h4-7H,2-3,11H2,1H3.